The average Bonchev–Trinajstić information content (AvgIpc) is 3.39. The van der Waals surface area contributed by atoms with Crippen molar-refractivity contribution in [3.8, 4) is 17.0 Å². The van der Waals surface area contributed by atoms with E-state index in [0.717, 1.165) is 48.6 Å². The van der Waals surface area contributed by atoms with E-state index in [9.17, 15) is 4.79 Å². The van der Waals surface area contributed by atoms with E-state index in [0.29, 0.717) is 25.6 Å². The zero-order chi connectivity index (χ0) is 21.9. The zero-order valence-corrected chi connectivity index (χ0v) is 18.1. The number of carbonyl (C=O) groups is 1. The molecule has 1 aromatic carbocycles. The molecule has 1 N–H and O–H groups in total. The fourth-order valence-electron chi connectivity index (χ4n) is 4.27. The molecule has 0 spiro atoms. The molecule has 1 saturated heterocycles. The largest absolute Gasteiger partial charge is 0.492 e. The lowest BCUT2D eigenvalue weighted by molar-refractivity contribution is -0.123. The molecule has 166 valence electrons. The SMILES string of the molecule is Cn1cc(-c2ccnc(N3CCC(NC(=O)CN4CCOc5ccccc5C4)C3)n2)cn1. The summed E-state index contributed by atoms with van der Waals surface area (Å²) in [6.07, 6.45) is 6.38. The Kier molecular flexibility index (Phi) is 5.72. The molecule has 1 unspecified atom stereocenters. The smallest absolute Gasteiger partial charge is 0.234 e. The topological polar surface area (TPSA) is 88.4 Å². The fourth-order valence-corrected chi connectivity index (χ4v) is 4.27. The first kappa shape index (κ1) is 20.4. The summed E-state index contributed by atoms with van der Waals surface area (Å²) in [5.74, 6) is 1.64. The van der Waals surface area contributed by atoms with Gasteiger partial charge in [0, 0.05) is 62.8 Å². The van der Waals surface area contributed by atoms with Gasteiger partial charge in [0.05, 0.1) is 18.4 Å². The number of rotatable bonds is 5. The molecule has 32 heavy (non-hydrogen) atoms. The molecule has 2 aliphatic heterocycles. The molecular formula is C23H27N7O2. The van der Waals surface area contributed by atoms with Crippen LogP contribution < -0.4 is 15.0 Å². The van der Waals surface area contributed by atoms with E-state index in [2.05, 4.69) is 31.3 Å². The number of carbonyl (C=O) groups excluding carboxylic acids is 1. The number of amides is 1. The number of anilines is 1. The summed E-state index contributed by atoms with van der Waals surface area (Å²) in [4.78, 5) is 26.1. The monoisotopic (exact) mass is 433 g/mol. The van der Waals surface area contributed by atoms with Crippen molar-refractivity contribution in [1.82, 2.24) is 30.0 Å². The first-order valence-electron chi connectivity index (χ1n) is 10.9. The maximum atomic E-state index is 12.7. The zero-order valence-electron chi connectivity index (χ0n) is 18.1. The number of nitrogens with one attached hydrogen (secondary N) is 1. The number of ether oxygens (including phenoxy) is 1. The third-order valence-corrected chi connectivity index (χ3v) is 5.88. The second kappa shape index (κ2) is 8.96. The van der Waals surface area contributed by atoms with Gasteiger partial charge >= 0.3 is 0 Å². The van der Waals surface area contributed by atoms with Gasteiger partial charge in [0.25, 0.3) is 0 Å². The second-order valence-electron chi connectivity index (χ2n) is 8.31. The predicted octanol–water partition coefficient (Wildman–Crippen LogP) is 1.47. The van der Waals surface area contributed by atoms with Crippen LogP contribution in [0.2, 0.25) is 0 Å². The first-order chi connectivity index (χ1) is 15.6. The van der Waals surface area contributed by atoms with Crippen molar-refractivity contribution in [3.63, 3.8) is 0 Å². The lowest BCUT2D eigenvalue weighted by Crippen LogP contribution is -2.43. The van der Waals surface area contributed by atoms with Crippen molar-refractivity contribution < 1.29 is 9.53 Å². The predicted molar refractivity (Wildman–Crippen MR) is 120 cm³/mol. The summed E-state index contributed by atoms with van der Waals surface area (Å²) >= 11 is 0. The van der Waals surface area contributed by atoms with Crippen molar-refractivity contribution in [3.05, 3.63) is 54.5 Å². The van der Waals surface area contributed by atoms with Gasteiger partial charge in [-0.15, -0.1) is 0 Å². The maximum absolute atomic E-state index is 12.7. The number of para-hydroxylation sites is 1. The van der Waals surface area contributed by atoms with Crippen LogP contribution in [0.5, 0.6) is 5.75 Å². The Hall–Kier alpha value is -3.46. The number of aryl methyl sites for hydroxylation is 1. The van der Waals surface area contributed by atoms with Crippen molar-refractivity contribution in [2.75, 3.05) is 37.7 Å². The first-order valence-corrected chi connectivity index (χ1v) is 10.9. The van der Waals surface area contributed by atoms with Crippen molar-refractivity contribution >= 4 is 11.9 Å². The van der Waals surface area contributed by atoms with Crippen LogP contribution in [0, 0.1) is 0 Å². The van der Waals surface area contributed by atoms with Gasteiger partial charge in [-0.1, -0.05) is 18.2 Å². The normalized spacial score (nSPS) is 18.7. The highest BCUT2D eigenvalue weighted by Crippen LogP contribution is 2.23. The van der Waals surface area contributed by atoms with E-state index in [1.54, 1.807) is 17.1 Å². The lowest BCUT2D eigenvalue weighted by Gasteiger charge is -2.21. The van der Waals surface area contributed by atoms with Gasteiger partial charge in [-0.2, -0.15) is 5.10 Å². The third kappa shape index (κ3) is 4.57. The van der Waals surface area contributed by atoms with Gasteiger partial charge < -0.3 is 15.0 Å². The molecule has 3 aromatic rings. The van der Waals surface area contributed by atoms with E-state index in [1.165, 1.54) is 0 Å². The highest BCUT2D eigenvalue weighted by Gasteiger charge is 2.27. The van der Waals surface area contributed by atoms with Gasteiger partial charge in [-0.3, -0.25) is 14.4 Å². The highest BCUT2D eigenvalue weighted by atomic mass is 16.5. The molecule has 9 nitrogen and oxygen atoms in total. The average molecular weight is 434 g/mol. The molecule has 2 aliphatic rings. The van der Waals surface area contributed by atoms with E-state index in [1.807, 2.05) is 37.5 Å². The van der Waals surface area contributed by atoms with Crippen LogP contribution in [0.25, 0.3) is 11.3 Å². The summed E-state index contributed by atoms with van der Waals surface area (Å²) in [7, 11) is 1.89. The van der Waals surface area contributed by atoms with E-state index in [-0.39, 0.29) is 11.9 Å². The van der Waals surface area contributed by atoms with Gasteiger partial charge in [-0.25, -0.2) is 9.97 Å². The molecule has 0 saturated carbocycles. The Morgan fingerprint density at radius 2 is 2.16 bits per heavy atom. The standard InChI is InChI=1S/C23H27N7O2/c1-28-13-18(12-25-28)20-6-8-24-23(27-20)30-9-7-19(15-30)26-22(31)16-29-10-11-32-21-5-3-2-4-17(21)14-29/h2-6,8,12-13,19H,7,9-11,14-16H2,1H3,(H,26,31). The molecule has 1 amide bonds. The molecule has 0 aliphatic carbocycles. The molecule has 1 fully saturated rings. The van der Waals surface area contributed by atoms with Crippen LogP contribution in [0.1, 0.15) is 12.0 Å². The summed E-state index contributed by atoms with van der Waals surface area (Å²) in [6, 6.07) is 9.99. The number of nitrogens with zero attached hydrogens (tertiary/aromatic N) is 6. The third-order valence-electron chi connectivity index (χ3n) is 5.88. The summed E-state index contributed by atoms with van der Waals surface area (Å²) in [5, 5.41) is 7.40. The lowest BCUT2D eigenvalue weighted by atomic mass is 10.2. The Labute approximate surface area is 187 Å². The minimum absolute atomic E-state index is 0.0428. The molecule has 1 atom stereocenters. The number of fused-ring (bicyclic) bond motifs is 1. The fraction of sp³-hybridized carbons (Fsp3) is 0.391. The van der Waals surface area contributed by atoms with Crippen LogP contribution >= 0.6 is 0 Å². The molecule has 4 heterocycles. The summed E-state index contributed by atoms with van der Waals surface area (Å²) in [5.41, 5.74) is 2.93. The Balaban J connectivity index is 1.16. The van der Waals surface area contributed by atoms with Crippen molar-refractivity contribution in [2.45, 2.75) is 19.0 Å². The van der Waals surface area contributed by atoms with E-state index < -0.39 is 0 Å². The minimum atomic E-state index is 0.0428. The van der Waals surface area contributed by atoms with Crippen LogP contribution in [-0.2, 0) is 18.4 Å². The second-order valence-corrected chi connectivity index (χ2v) is 8.31. The Morgan fingerprint density at radius 1 is 1.25 bits per heavy atom. The van der Waals surface area contributed by atoms with Crippen LogP contribution in [0.15, 0.2) is 48.9 Å². The molecule has 0 radical (unpaired) electrons. The Bertz CT molecular complexity index is 1100. The van der Waals surface area contributed by atoms with E-state index in [4.69, 9.17) is 9.72 Å². The number of aromatic nitrogens is 4. The maximum Gasteiger partial charge on any atom is 0.234 e. The molecule has 5 rings (SSSR count). The van der Waals surface area contributed by atoms with Gasteiger partial charge in [0.1, 0.15) is 12.4 Å². The number of benzene rings is 1. The van der Waals surface area contributed by atoms with Crippen LogP contribution in [-0.4, -0.2) is 69.4 Å². The number of hydrogen-bond acceptors (Lipinski definition) is 7. The number of hydrogen-bond donors (Lipinski definition) is 1. The van der Waals surface area contributed by atoms with Gasteiger partial charge in [0.15, 0.2) is 0 Å². The summed E-state index contributed by atoms with van der Waals surface area (Å²) in [6.45, 7) is 3.91. The Morgan fingerprint density at radius 3 is 3.03 bits per heavy atom. The van der Waals surface area contributed by atoms with Gasteiger partial charge in [-0.05, 0) is 18.6 Å². The molecular weight excluding hydrogens is 406 g/mol. The van der Waals surface area contributed by atoms with Crippen molar-refractivity contribution in [1.29, 1.82) is 0 Å². The molecule has 2 aromatic heterocycles. The van der Waals surface area contributed by atoms with Crippen molar-refractivity contribution in [2.24, 2.45) is 7.05 Å². The van der Waals surface area contributed by atoms with Crippen LogP contribution in [0.4, 0.5) is 5.95 Å². The minimum Gasteiger partial charge on any atom is -0.492 e. The van der Waals surface area contributed by atoms with Crippen LogP contribution in [0.3, 0.4) is 0 Å². The van der Waals surface area contributed by atoms with E-state index >= 15 is 0 Å². The highest BCUT2D eigenvalue weighted by molar-refractivity contribution is 5.78. The quantitative estimate of drug-likeness (QED) is 0.652. The molecule has 0 bridgehead atoms. The molecule has 9 heteroatoms. The van der Waals surface area contributed by atoms with Gasteiger partial charge in [0.2, 0.25) is 11.9 Å². The summed E-state index contributed by atoms with van der Waals surface area (Å²) < 4.78 is 7.56.